The number of fused-ring (bicyclic) bond motifs is 1. The van der Waals surface area contributed by atoms with Gasteiger partial charge in [0.15, 0.2) is 0 Å². The van der Waals surface area contributed by atoms with Crippen molar-refractivity contribution in [1.82, 2.24) is 0 Å². The van der Waals surface area contributed by atoms with Crippen molar-refractivity contribution < 1.29 is 0 Å². The fourth-order valence-corrected chi connectivity index (χ4v) is 3.23. The zero-order valence-electron chi connectivity index (χ0n) is 12.8. The van der Waals surface area contributed by atoms with Gasteiger partial charge in [0, 0.05) is 0 Å². The molecule has 0 unspecified atom stereocenters. The maximum absolute atomic E-state index is 2.38. The van der Waals surface area contributed by atoms with E-state index in [-0.39, 0.29) is 0 Å². The lowest BCUT2D eigenvalue weighted by molar-refractivity contribution is 0.867. The standard InChI is InChI=1S/C20H22/c1-13(2)17-10-9-16-11-14(3)12-19(16)20(17)18-8-6-5-7-15(18)4/h5-10,12-13H,11H2,1-4H3. The van der Waals surface area contributed by atoms with E-state index < -0.39 is 0 Å². The van der Waals surface area contributed by atoms with Crippen LogP contribution in [-0.4, -0.2) is 0 Å². The highest BCUT2D eigenvalue weighted by Crippen LogP contribution is 2.40. The molecule has 1 aliphatic rings. The smallest absolute Gasteiger partial charge is 0.00604 e. The molecule has 0 bridgehead atoms. The number of hydrogen-bond donors (Lipinski definition) is 0. The fraction of sp³-hybridized carbons (Fsp3) is 0.300. The second-order valence-corrected chi connectivity index (χ2v) is 6.24. The third kappa shape index (κ3) is 2.10. The summed E-state index contributed by atoms with van der Waals surface area (Å²) in [5.74, 6) is 0.546. The number of rotatable bonds is 2. The molecule has 0 nitrogen and oxygen atoms in total. The minimum absolute atomic E-state index is 0.546. The Balaban J connectivity index is 2.33. The van der Waals surface area contributed by atoms with Gasteiger partial charge >= 0.3 is 0 Å². The van der Waals surface area contributed by atoms with Crippen LogP contribution >= 0.6 is 0 Å². The summed E-state index contributed by atoms with van der Waals surface area (Å²) in [7, 11) is 0. The normalized spacial score (nSPS) is 13.6. The molecule has 0 saturated carbocycles. The Morgan fingerprint density at radius 1 is 0.950 bits per heavy atom. The van der Waals surface area contributed by atoms with E-state index in [1.54, 1.807) is 0 Å². The molecule has 0 saturated heterocycles. The Morgan fingerprint density at radius 2 is 1.70 bits per heavy atom. The molecular formula is C20H22. The first kappa shape index (κ1) is 13.2. The molecule has 0 radical (unpaired) electrons. The topological polar surface area (TPSA) is 0 Å². The van der Waals surface area contributed by atoms with Crippen molar-refractivity contribution >= 4 is 6.08 Å². The fourth-order valence-electron chi connectivity index (χ4n) is 3.23. The summed E-state index contributed by atoms with van der Waals surface area (Å²) in [4.78, 5) is 0. The number of hydrogen-bond acceptors (Lipinski definition) is 0. The average Bonchev–Trinajstić information content (AvgIpc) is 2.78. The minimum Gasteiger partial charge on any atom is -0.0683 e. The largest absolute Gasteiger partial charge is 0.0683 e. The predicted molar refractivity (Wildman–Crippen MR) is 88.1 cm³/mol. The molecule has 0 fully saturated rings. The molecular weight excluding hydrogens is 240 g/mol. The van der Waals surface area contributed by atoms with E-state index in [2.05, 4.69) is 70.2 Å². The van der Waals surface area contributed by atoms with Crippen LogP contribution in [0.3, 0.4) is 0 Å². The number of benzene rings is 2. The first-order valence-corrected chi connectivity index (χ1v) is 7.47. The van der Waals surface area contributed by atoms with E-state index in [9.17, 15) is 0 Å². The monoisotopic (exact) mass is 262 g/mol. The highest BCUT2D eigenvalue weighted by Gasteiger charge is 2.20. The van der Waals surface area contributed by atoms with Gasteiger partial charge in [-0.1, -0.05) is 61.9 Å². The Hall–Kier alpha value is -1.82. The van der Waals surface area contributed by atoms with Gasteiger partial charge in [-0.2, -0.15) is 0 Å². The van der Waals surface area contributed by atoms with E-state index >= 15 is 0 Å². The second kappa shape index (κ2) is 4.94. The zero-order valence-corrected chi connectivity index (χ0v) is 12.8. The Labute approximate surface area is 122 Å². The summed E-state index contributed by atoms with van der Waals surface area (Å²) in [6.45, 7) is 9.02. The quantitative estimate of drug-likeness (QED) is 0.647. The molecule has 0 amide bonds. The van der Waals surface area contributed by atoms with Gasteiger partial charge in [-0.05, 0) is 59.6 Å². The molecule has 0 heterocycles. The molecule has 3 rings (SSSR count). The third-order valence-electron chi connectivity index (χ3n) is 4.26. The molecule has 102 valence electrons. The van der Waals surface area contributed by atoms with E-state index in [4.69, 9.17) is 0 Å². The van der Waals surface area contributed by atoms with Crippen molar-refractivity contribution in [3.8, 4) is 11.1 Å². The number of allylic oxidation sites excluding steroid dienone is 1. The molecule has 2 aromatic rings. The van der Waals surface area contributed by atoms with E-state index in [0.717, 1.165) is 6.42 Å². The van der Waals surface area contributed by atoms with Gasteiger partial charge in [0.2, 0.25) is 0 Å². The summed E-state index contributed by atoms with van der Waals surface area (Å²) in [6.07, 6.45) is 3.48. The Kier molecular flexibility index (Phi) is 3.25. The second-order valence-electron chi connectivity index (χ2n) is 6.24. The SMILES string of the molecule is CC1=Cc2c(ccc(C(C)C)c2-c2ccccc2C)C1. The molecule has 1 aliphatic carbocycles. The van der Waals surface area contributed by atoms with Crippen LogP contribution in [0.4, 0.5) is 0 Å². The lowest BCUT2D eigenvalue weighted by Crippen LogP contribution is -1.98. The predicted octanol–water partition coefficient (Wildman–Crippen LogP) is 5.74. The van der Waals surface area contributed by atoms with Crippen molar-refractivity contribution in [3.63, 3.8) is 0 Å². The molecule has 0 heteroatoms. The van der Waals surface area contributed by atoms with Crippen LogP contribution in [0.5, 0.6) is 0 Å². The van der Waals surface area contributed by atoms with Gasteiger partial charge in [0.05, 0.1) is 0 Å². The molecule has 20 heavy (non-hydrogen) atoms. The lowest BCUT2D eigenvalue weighted by atomic mass is 9.86. The van der Waals surface area contributed by atoms with Gasteiger partial charge in [0.25, 0.3) is 0 Å². The minimum atomic E-state index is 0.546. The third-order valence-corrected chi connectivity index (χ3v) is 4.26. The van der Waals surface area contributed by atoms with Crippen LogP contribution in [-0.2, 0) is 6.42 Å². The molecule has 0 aliphatic heterocycles. The lowest BCUT2D eigenvalue weighted by Gasteiger charge is -2.18. The Bertz CT molecular complexity index is 687. The van der Waals surface area contributed by atoms with E-state index in [0.29, 0.717) is 5.92 Å². The molecule has 0 aromatic heterocycles. The maximum atomic E-state index is 2.38. The summed E-state index contributed by atoms with van der Waals surface area (Å²) in [6, 6.07) is 13.4. The van der Waals surface area contributed by atoms with Crippen molar-refractivity contribution in [2.75, 3.05) is 0 Å². The van der Waals surface area contributed by atoms with Crippen LogP contribution < -0.4 is 0 Å². The van der Waals surface area contributed by atoms with Gasteiger partial charge in [0.1, 0.15) is 0 Å². The van der Waals surface area contributed by atoms with Crippen LogP contribution in [0.15, 0.2) is 42.0 Å². The van der Waals surface area contributed by atoms with Gasteiger partial charge in [-0.25, -0.2) is 0 Å². The molecule has 0 atom stereocenters. The van der Waals surface area contributed by atoms with E-state index in [1.165, 1.54) is 39.0 Å². The Morgan fingerprint density at radius 3 is 2.40 bits per heavy atom. The van der Waals surface area contributed by atoms with Gasteiger partial charge < -0.3 is 0 Å². The highest BCUT2D eigenvalue weighted by molar-refractivity contribution is 5.84. The van der Waals surface area contributed by atoms with Crippen LogP contribution in [0.25, 0.3) is 17.2 Å². The van der Waals surface area contributed by atoms with E-state index in [1.807, 2.05) is 0 Å². The van der Waals surface area contributed by atoms with Crippen LogP contribution in [0.1, 0.15) is 48.9 Å². The van der Waals surface area contributed by atoms with Crippen molar-refractivity contribution in [1.29, 1.82) is 0 Å². The maximum Gasteiger partial charge on any atom is -0.00604 e. The first-order chi connectivity index (χ1) is 9.58. The first-order valence-electron chi connectivity index (χ1n) is 7.47. The summed E-state index contributed by atoms with van der Waals surface area (Å²) < 4.78 is 0. The molecule has 2 aromatic carbocycles. The summed E-state index contributed by atoms with van der Waals surface area (Å²) >= 11 is 0. The van der Waals surface area contributed by atoms with Crippen molar-refractivity contribution in [3.05, 3.63) is 64.2 Å². The van der Waals surface area contributed by atoms with Crippen LogP contribution in [0.2, 0.25) is 0 Å². The molecule has 0 N–H and O–H groups in total. The van der Waals surface area contributed by atoms with Crippen LogP contribution in [0, 0.1) is 6.92 Å². The van der Waals surface area contributed by atoms with Gasteiger partial charge in [-0.15, -0.1) is 0 Å². The average molecular weight is 262 g/mol. The summed E-state index contributed by atoms with van der Waals surface area (Å²) in [5.41, 5.74) is 10.1. The number of aryl methyl sites for hydroxylation is 1. The molecule has 0 spiro atoms. The van der Waals surface area contributed by atoms with Crippen molar-refractivity contribution in [2.24, 2.45) is 0 Å². The highest BCUT2D eigenvalue weighted by atomic mass is 14.2. The van der Waals surface area contributed by atoms with Crippen molar-refractivity contribution in [2.45, 2.75) is 40.0 Å². The van der Waals surface area contributed by atoms with Gasteiger partial charge in [-0.3, -0.25) is 0 Å². The summed E-state index contributed by atoms with van der Waals surface area (Å²) in [5, 5.41) is 0. The zero-order chi connectivity index (χ0) is 14.3.